The number of methoxy groups -OCH3 is 1. The van der Waals surface area contributed by atoms with E-state index < -0.39 is 5.41 Å². The van der Waals surface area contributed by atoms with Crippen LogP contribution in [0.1, 0.15) is 50.3 Å². The molecule has 0 unspecified atom stereocenters. The van der Waals surface area contributed by atoms with E-state index in [-0.39, 0.29) is 29.2 Å². The molecule has 1 aliphatic carbocycles. The molecule has 26 heavy (non-hydrogen) atoms. The van der Waals surface area contributed by atoms with Gasteiger partial charge in [0, 0.05) is 18.8 Å². The Morgan fingerprint density at radius 3 is 2.65 bits per heavy atom. The number of carbonyl (C=O) groups excluding carboxylic acids is 2. The summed E-state index contributed by atoms with van der Waals surface area (Å²) in [7, 11) is 1.41. The van der Waals surface area contributed by atoms with Crippen LogP contribution in [0.4, 0.5) is 5.95 Å². The van der Waals surface area contributed by atoms with Gasteiger partial charge in [-0.2, -0.15) is 0 Å². The number of nitrogens with zero attached hydrogens (tertiary/aromatic N) is 3. The Hall–Kier alpha value is -2.18. The Bertz CT molecular complexity index is 746. The minimum Gasteiger partial charge on any atom is -0.469 e. The van der Waals surface area contributed by atoms with Crippen LogP contribution >= 0.6 is 0 Å². The monoisotopic (exact) mass is 360 g/mol. The molecule has 7 heteroatoms. The van der Waals surface area contributed by atoms with Crippen molar-refractivity contribution in [1.82, 2.24) is 14.9 Å². The van der Waals surface area contributed by atoms with Crippen LogP contribution in [0.2, 0.25) is 0 Å². The molecular formula is C19H28N4O3. The summed E-state index contributed by atoms with van der Waals surface area (Å²) in [6, 6.07) is 1.72. The number of rotatable bonds is 4. The fourth-order valence-corrected chi connectivity index (χ4v) is 4.84. The van der Waals surface area contributed by atoms with Gasteiger partial charge >= 0.3 is 5.97 Å². The Balaban J connectivity index is 1.86. The molecule has 2 N–H and O–H groups in total. The van der Waals surface area contributed by atoms with E-state index in [1.807, 2.05) is 0 Å². The van der Waals surface area contributed by atoms with Crippen LogP contribution in [-0.2, 0) is 16.0 Å². The molecule has 1 aromatic heterocycles. The summed E-state index contributed by atoms with van der Waals surface area (Å²) >= 11 is 0. The summed E-state index contributed by atoms with van der Waals surface area (Å²) in [6.07, 6.45) is 1.46. The highest BCUT2D eigenvalue weighted by Crippen LogP contribution is 2.63. The first-order valence-electron chi connectivity index (χ1n) is 9.10. The van der Waals surface area contributed by atoms with Crippen molar-refractivity contribution in [2.24, 2.45) is 22.7 Å². The zero-order valence-electron chi connectivity index (χ0n) is 16.2. The predicted octanol–water partition coefficient (Wildman–Crippen LogP) is 1.92. The van der Waals surface area contributed by atoms with Crippen LogP contribution in [0.5, 0.6) is 0 Å². The Morgan fingerprint density at radius 2 is 2.08 bits per heavy atom. The quantitative estimate of drug-likeness (QED) is 0.824. The second-order valence-electron chi connectivity index (χ2n) is 8.75. The summed E-state index contributed by atoms with van der Waals surface area (Å²) in [5, 5.41) is 0. The minimum absolute atomic E-state index is 0.0106. The van der Waals surface area contributed by atoms with Gasteiger partial charge in [0.25, 0.3) is 5.91 Å². The zero-order valence-corrected chi connectivity index (χ0v) is 16.2. The number of aromatic nitrogens is 2. The van der Waals surface area contributed by atoms with Crippen LogP contribution in [0, 0.1) is 22.7 Å². The average Bonchev–Trinajstić information content (AvgIpc) is 2.88. The number of hydrogen-bond donors (Lipinski definition) is 1. The smallest absolute Gasteiger partial charge is 0.314 e. The van der Waals surface area contributed by atoms with Crippen LogP contribution in [0.15, 0.2) is 6.07 Å². The Morgan fingerprint density at radius 1 is 1.38 bits per heavy atom. The van der Waals surface area contributed by atoms with Crippen molar-refractivity contribution >= 4 is 17.8 Å². The highest BCUT2D eigenvalue weighted by molar-refractivity contribution is 5.94. The number of ether oxygens (including phenoxy) is 1. The predicted molar refractivity (Wildman–Crippen MR) is 97.2 cm³/mol. The molecule has 142 valence electrons. The van der Waals surface area contributed by atoms with Crippen molar-refractivity contribution < 1.29 is 14.3 Å². The lowest BCUT2D eigenvalue weighted by atomic mass is 9.48. The highest BCUT2D eigenvalue weighted by atomic mass is 16.5. The molecule has 0 spiro atoms. The maximum absolute atomic E-state index is 13.0. The van der Waals surface area contributed by atoms with Crippen molar-refractivity contribution in [2.75, 3.05) is 25.9 Å². The van der Waals surface area contributed by atoms with E-state index in [1.165, 1.54) is 7.11 Å². The standard InChI is InChI=1S/C19H28N4O3/c1-11(2)6-12-7-13(22-17(20)21-12)15(24)23-8-14-18(3,4)9-19(14,10-23)16(25)26-5/h7,11,14H,6,8-10H2,1-5H3,(H2,20,21,22)/t14-,19+/m1/s1. The van der Waals surface area contributed by atoms with Gasteiger partial charge < -0.3 is 15.4 Å². The number of likely N-dealkylation sites (tertiary alicyclic amines) is 1. The first-order valence-corrected chi connectivity index (χ1v) is 9.10. The van der Waals surface area contributed by atoms with E-state index in [2.05, 4.69) is 37.7 Å². The van der Waals surface area contributed by atoms with Gasteiger partial charge in [0.1, 0.15) is 5.69 Å². The number of esters is 1. The first-order chi connectivity index (χ1) is 12.1. The van der Waals surface area contributed by atoms with Crippen molar-refractivity contribution in [3.05, 3.63) is 17.5 Å². The van der Waals surface area contributed by atoms with E-state index in [0.29, 0.717) is 24.7 Å². The van der Waals surface area contributed by atoms with Crippen LogP contribution < -0.4 is 5.73 Å². The zero-order chi connectivity index (χ0) is 19.3. The molecule has 1 saturated heterocycles. The number of fused-ring (bicyclic) bond motifs is 1. The van der Waals surface area contributed by atoms with E-state index >= 15 is 0 Å². The largest absolute Gasteiger partial charge is 0.469 e. The van der Waals surface area contributed by atoms with Gasteiger partial charge in [-0.05, 0) is 36.2 Å². The molecule has 2 heterocycles. The van der Waals surface area contributed by atoms with Crippen LogP contribution in [0.25, 0.3) is 0 Å². The van der Waals surface area contributed by atoms with Crippen molar-refractivity contribution in [2.45, 2.75) is 40.5 Å². The molecular weight excluding hydrogens is 332 g/mol. The fourth-order valence-electron chi connectivity index (χ4n) is 4.84. The molecule has 1 amide bonds. The molecule has 1 aromatic rings. The maximum Gasteiger partial charge on any atom is 0.314 e. The molecule has 7 nitrogen and oxygen atoms in total. The second kappa shape index (κ2) is 6.21. The lowest BCUT2D eigenvalue weighted by Gasteiger charge is -2.54. The lowest BCUT2D eigenvalue weighted by Crippen LogP contribution is -2.57. The second-order valence-corrected chi connectivity index (χ2v) is 8.75. The molecule has 2 atom stereocenters. The summed E-state index contributed by atoms with van der Waals surface area (Å²) in [5.74, 6) is 0.188. The third-order valence-electron chi connectivity index (χ3n) is 5.77. The average molecular weight is 360 g/mol. The summed E-state index contributed by atoms with van der Waals surface area (Å²) in [4.78, 5) is 35.5. The van der Waals surface area contributed by atoms with E-state index in [9.17, 15) is 9.59 Å². The molecule has 1 saturated carbocycles. The van der Waals surface area contributed by atoms with Crippen LogP contribution in [-0.4, -0.2) is 46.9 Å². The number of anilines is 1. The van der Waals surface area contributed by atoms with Gasteiger partial charge in [0.05, 0.1) is 12.5 Å². The third kappa shape index (κ3) is 2.93. The molecule has 3 rings (SSSR count). The van der Waals surface area contributed by atoms with E-state index in [0.717, 1.165) is 18.5 Å². The van der Waals surface area contributed by atoms with Gasteiger partial charge in [0.15, 0.2) is 0 Å². The van der Waals surface area contributed by atoms with Crippen molar-refractivity contribution in [1.29, 1.82) is 0 Å². The third-order valence-corrected chi connectivity index (χ3v) is 5.77. The van der Waals surface area contributed by atoms with Crippen LogP contribution in [0.3, 0.4) is 0 Å². The number of hydrogen-bond acceptors (Lipinski definition) is 6. The maximum atomic E-state index is 13.0. The first kappa shape index (κ1) is 18.6. The molecule has 0 bridgehead atoms. The van der Waals surface area contributed by atoms with Gasteiger partial charge in [-0.25, -0.2) is 9.97 Å². The summed E-state index contributed by atoms with van der Waals surface area (Å²) in [6.45, 7) is 9.34. The Labute approximate surface area is 154 Å². The van der Waals surface area contributed by atoms with Crippen molar-refractivity contribution in [3.63, 3.8) is 0 Å². The van der Waals surface area contributed by atoms with Gasteiger partial charge in [-0.15, -0.1) is 0 Å². The molecule has 2 aliphatic rings. The fraction of sp³-hybridized carbons (Fsp3) is 0.684. The lowest BCUT2D eigenvalue weighted by molar-refractivity contribution is -0.174. The van der Waals surface area contributed by atoms with Gasteiger partial charge in [-0.1, -0.05) is 27.7 Å². The topological polar surface area (TPSA) is 98.4 Å². The summed E-state index contributed by atoms with van der Waals surface area (Å²) in [5.41, 5.74) is 6.29. The molecule has 1 aliphatic heterocycles. The highest BCUT2D eigenvalue weighted by Gasteiger charge is 2.68. The Kier molecular flexibility index (Phi) is 4.45. The number of nitrogen functional groups attached to an aromatic ring is 1. The normalized spacial score (nSPS) is 26.4. The van der Waals surface area contributed by atoms with Gasteiger partial charge in [-0.3, -0.25) is 9.59 Å². The van der Waals surface area contributed by atoms with Crippen molar-refractivity contribution in [3.8, 4) is 0 Å². The number of nitrogens with two attached hydrogens (primary N) is 1. The summed E-state index contributed by atoms with van der Waals surface area (Å²) < 4.78 is 5.05. The number of amides is 1. The molecule has 0 radical (unpaired) electrons. The minimum atomic E-state index is -0.590. The molecule has 0 aromatic carbocycles. The molecule has 2 fully saturated rings. The van der Waals surface area contributed by atoms with E-state index in [4.69, 9.17) is 10.5 Å². The number of carbonyl (C=O) groups is 2. The van der Waals surface area contributed by atoms with E-state index in [1.54, 1.807) is 11.0 Å². The van der Waals surface area contributed by atoms with Gasteiger partial charge in [0.2, 0.25) is 5.95 Å². The SMILES string of the molecule is COC(=O)[C@@]12CN(C(=O)c3cc(CC(C)C)nc(N)n3)C[C@@H]1C(C)(C)C2.